The van der Waals surface area contributed by atoms with Crippen molar-refractivity contribution in [2.75, 3.05) is 45.9 Å². The maximum absolute atomic E-state index is 13.8. The first kappa shape index (κ1) is 24.5. The third kappa shape index (κ3) is 4.51. The third-order valence-corrected chi connectivity index (χ3v) is 8.24. The summed E-state index contributed by atoms with van der Waals surface area (Å²) in [6.07, 6.45) is 0.870. The molecule has 36 heavy (non-hydrogen) atoms. The molecule has 0 bridgehead atoms. The van der Waals surface area contributed by atoms with Crippen LogP contribution in [-0.4, -0.2) is 101 Å². The highest BCUT2D eigenvalue weighted by molar-refractivity contribution is 7.12. The van der Waals surface area contributed by atoms with E-state index in [1.807, 2.05) is 23.6 Å². The topological polar surface area (TPSA) is 90.5 Å². The Labute approximate surface area is 214 Å². The fourth-order valence-corrected chi connectivity index (χ4v) is 6.03. The molecule has 2 aromatic rings. The zero-order valence-corrected chi connectivity index (χ0v) is 21.1. The van der Waals surface area contributed by atoms with E-state index < -0.39 is 11.8 Å². The Morgan fingerprint density at radius 2 is 1.50 bits per heavy atom. The molecule has 9 nitrogen and oxygen atoms in total. The van der Waals surface area contributed by atoms with Gasteiger partial charge in [-0.25, -0.2) is 0 Å². The van der Waals surface area contributed by atoms with Crippen LogP contribution in [0.1, 0.15) is 39.8 Å². The van der Waals surface area contributed by atoms with Crippen LogP contribution in [0.25, 0.3) is 0 Å². The first-order valence-corrected chi connectivity index (χ1v) is 13.2. The molecule has 1 spiro atoms. The average molecular weight is 511 g/mol. The summed E-state index contributed by atoms with van der Waals surface area (Å²) in [6.45, 7) is 4.33. The van der Waals surface area contributed by atoms with Gasteiger partial charge in [-0.3, -0.25) is 24.1 Å². The van der Waals surface area contributed by atoms with E-state index in [2.05, 4.69) is 0 Å². The number of hydrogen-bond donors (Lipinski definition) is 0. The van der Waals surface area contributed by atoms with Gasteiger partial charge in [0.15, 0.2) is 0 Å². The van der Waals surface area contributed by atoms with Gasteiger partial charge in [-0.1, -0.05) is 24.3 Å². The molecule has 0 saturated carbocycles. The number of piperidine rings is 1. The smallest absolute Gasteiger partial charge is 0.263 e. The summed E-state index contributed by atoms with van der Waals surface area (Å²) in [6, 6.07) is 11.9. The second-order valence-electron chi connectivity index (χ2n) is 9.42. The SMILES string of the molecule is CC(=O)N1CCN(C(=O)[C@@H]2COC3(CCN(C(=O)c4cccs4)CC3)N2C(=O)c2ccccc2)CC1. The van der Waals surface area contributed by atoms with Gasteiger partial charge in [-0.2, -0.15) is 0 Å². The highest BCUT2D eigenvalue weighted by Gasteiger charge is 2.55. The molecular formula is C26H30N4O5S. The zero-order valence-electron chi connectivity index (χ0n) is 20.3. The molecule has 0 radical (unpaired) electrons. The molecular weight excluding hydrogens is 480 g/mol. The standard InChI is InChI=1S/C26H30N4O5S/c1-19(31)27-13-15-29(16-14-27)24(33)21-18-35-26(30(21)23(32)20-6-3-2-4-7-20)9-11-28(12-10-26)25(34)22-8-5-17-36-22/h2-8,17,21H,9-16,18H2,1H3/t21-/m0/s1. The fraction of sp³-hybridized carbons (Fsp3) is 0.462. The second kappa shape index (κ2) is 10.0. The van der Waals surface area contributed by atoms with Crippen molar-refractivity contribution in [1.29, 1.82) is 0 Å². The summed E-state index contributed by atoms with van der Waals surface area (Å²) in [5.74, 6) is -0.423. The zero-order chi connectivity index (χ0) is 25.3. The monoisotopic (exact) mass is 510 g/mol. The first-order valence-electron chi connectivity index (χ1n) is 12.3. The maximum Gasteiger partial charge on any atom is 0.263 e. The van der Waals surface area contributed by atoms with Crippen molar-refractivity contribution >= 4 is 35.0 Å². The number of hydrogen-bond acceptors (Lipinski definition) is 6. The molecule has 4 heterocycles. The van der Waals surface area contributed by atoms with Crippen LogP contribution in [-0.2, 0) is 14.3 Å². The minimum absolute atomic E-state index is 0.00464. The molecule has 190 valence electrons. The Hall–Kier alpha value is -3.24. The third-order valence-electron chi connectivity index (χ3n) is 7.39. The lowest BCUT2D eigenvalue weighted by molar-refractivity contribution is -0.142. The van der Waals surface area contributed by atoms with Crippen LogP contribution in [0.15, 0.2) is 47.8 Å². The van der Waals surface area contributed by atoms with Gasteiger partial charge >= 0.3 is 0 Å². The van der Waals surface area contributed by atoms with Crippen LogP contribution in [0.3, 0.4) is 0 Å². The molecule has 5 rings (SSSR count). The molecule has 3 aliphatic rings. The number of rotatable bonds is 3. The Kier molecular flexibility index (Phi) is 6.81. The van der Waals surface area contributed by atoms with E-state index in [9.17, 15) is 19.2 Å². The van der Waals surface area contributed by atoms with E-state index >= 15 is 0 Å². The van der Waals surface area contributed by atoms with Crippen molar-refractivity contribution in [2.24, 2.45) is 0 Å². The van der Waals surface area contributed by atoms with E-state index in [0.717, 1.165) is 0 Å². The van der Waals surface area contributed by atoms with Gasteiger partial charge in [0.05, 0.1) is 11.5 Å². The van der Waals surface area contributed by atoms with Crippen LogP contribution in [0.2, 0.25) is 0 Å². The second-order valence-corrected chi connectivity index (χ2v) is 10.4. The summed E-state index contributed by atoms with van der Waals surface area (Å²) in [7, 11) is 0. The fourth-order valence-electron chi connectivity index (χ4n) is 5.34. The van der Waals surface area contributed by atoms with Gasteiger partial charge in [0, 0.05) is 64.6 Å². The van der Waals surface area contributed by atoms with Gasteiger partial charge in [0.2, 0.25) is 11.8 Å². The van der Waals surface area contributed by atoms with E-state index in [-0.39, 0.29) is 30.2 Å². The lowest BCUT2D eigenvalue weighted by atomic mass is 9.96. The molecule has 1 aromatic carbocycles. The highest BCUT2D eigenvalue weighted by atomic mass is 32.1. The Bertz CT molecular complexity index is 1120. The molecule has 3 aliphatic heterocycles. The van der Waals surface area contributed by atoms with E-state index in [1.54, 1.807) is 43.9 Å². The predicted octanol–water partition coefficient (Wildman–Crippen LogP) is 1.91. The molecule has 1 aromatic heterocycles. The van der Waals surface area contributed by atoms with Crippen LogP contribution in [0.4, 0.5) is 0 Å². The summed E-state index contributed by atoms with van der Waals surface area (Å²) < 4.78 is 6.30. The van der Waals surface area contributed by atoms with Crippen LogP contribution in [0, 0.1) is 0 Å². The number of amides is 4. The van der Waals surface area contributed by atoms with Gasteiger partial charge in [-0.15, -0.1) is 11.3 Å². The molecule has 4 amide bonds. The number of ether oxygens (including phenoxy) is 1. The molecule has 10 heteroatoms. The maximum atomic E-state index is 13.8. The van der Waals surface area contributed by atoms with Crippen LogP contribution >= 0.6 is 11.3 Å². The van der Waals surface area contributed by atoms with Gasteiger partial charge in [-0.05, 0) is 23.6 Å². The Morgan fingerprint density at radius 3 is 2.11 bits per heavy atom. The minimum atomic E-state index is -0.944. The Balaban J connectivity index is 1.36. The number of thiophene rings is 1. The largest absolute Gasteiger partial charge is 0.353 e. The molecule has 0 aliphatic carbocycles. The lowest BCUT2D eigenvalue weighted by Gasteiger charge is -2.45. The number of piperazine rings is 1. The molecule has 3 saturated heterocycles. The molecule has 0 unspecified atom stereocenters. The van der Waals surface area contributed by atoms with Crippen molar-refractivity contribution in [2.45, 2.75) is 31.5 Å². The van der Waals surface area contributed by atoms with E-state index in [1.165, 1.54) is 18.3 Å². The molecule has 3 fully saturated rings. The Morgan fingerprint density at radius 1 is 0.833 bits per heavy atom. The quantitative estimate of drug-likeness (QED) is 0.629. The summed E-state index contributed by atoms with van der Waals surface area (Å²) >= 11 is 1.41. The number of likely N-dealkylation sites (tertiary alicyclic amines) is 1. The van der Waals surface area contributed by atoms with Gasteiger partial charge < -0.3 is 19.4 Å². The normalized spacial score (nSPS) is 21.6. The van der Waals surface area contributed by atoms with Crippen molar-refractivity contribution in [1.82, 2.24) is 19.6 Å². The number of carbonyl (C=O) groups excluding carboxylic acids is 4. The van der Waals surface area contributed by atoms with Crippen molar-refractivity contribution in [3.8, 4) is 0 Å². The lowest BCUT2D eigenvalue weighted by Crippen LogP contribution is -2.61. The van der Waals surface area contributed by atoms with Gasteiger partial charge in [0.25, 0.3) is 11.8 Å². The van der Waals surface area contributed by atoms with E-state index in [0.29, 0.717) is 62.6 Å². The average Bonchev–Trinajstić information content (AvgIpc) is 3.57. The molecule has 1 atom stereocenters. The number of carbonyl (C=O) groups is 4. The first-order chi connectivity index (χ1) is 17.4. The van der Waals surface area contributed by atoms with E-state index in [4.69, 9.17) is 4.74 Å². The van der Waals surface area contributed by atoms with Crippen molar-refractivity contribution in [3.05, 3.63) is 58.3 Å². The number of nitrogens with zero attached hydrogens (tertiary/aromatic N) is 4. The van der Waals surface area contributed by atoms with Crippen LogP contribution < -0.4 is 0 Å². The summed E-state index contributed by atoms with van der Waals surface area (Å²) in [5, 5.41) is 1.88. The minimum Gasteiger partial charge on any atom is -0.353 e. The summed E-state index contributed by atoms with van der Waals surface area (Å²) in [4.78, 5) is 59.6. The van der Waals surface area contributed by atoms with Crippen LogP contribution in [0.5, 0.6) is 0 Å². The molecule has 0 N–H and O–H groups in total. The predicted molar refractivity (Wildman–Crippen MR) is 133 cm³/mol. The summed E-state index contributed by atoms with van der Waals surface area (Å²) in [5.41, 5.74) is -0.445. The highest BCUT2D eigenvalue weighted by Crippen LogP contribution is 2.39. The number of benzene rings is 1. The van der Waals surface area contributed by atoms with Gasteiger partial charge in [0.1, 0.15) is 11.8 Å². The van der Waals surface area contributed by atoms with Crippen molar-refractivity contribution < 1.29 is 23.9 Å². The van der Waals surface area contributed by atoms with Crippen molar-refractivity contribution in [3.63, 3.8) is 0 Å².